The number of benzene rings is 1. The third-order valence-corrected chi connectivity index (χ3v) is 2.92. The Balaban J connectivity index is 2.91. The van der Waals surface area contributed by atoms with Crippen LogP contribution in [-0.4, -0.2) is 33.4 Å². The minimum Gasteiger partial charge on any atom is -0.504 e. The third kappa shape index (κ3) is 2.05. The van der Waals surface area contributed by atoms with Crippen LogP contribution < -0.4 is 10.3 Å². The predicted octanol–water partition coefficient (Wildman–Crippen LogP) is 0.616. The average Bonchev–Trinajstić information content (AvgIpc) is 2.43. The maximum Gasteiger partial charge on any atom is 0.297 e. The molecule has 0 radical (unpaired) electrons. The van der Waals surface area contributed by atoms with Crippen LogP contribution >= 0.6 is 0 Å². The van der Waals surface area contributed by atoms with Crippen LogP contribution in [0, 0.1) is 10.1 Å². The molecule has 0 amide bonds. The third-order valence-electron chi connectivity index (χ3n) is 2.92. The topological polar surface area (TPSA) is 115 Å². The number of nitro benzene ring substituents is 1. The first kappa shape index (κ1) is 13.8. The number of pyridine rings is 1. The number of fused-ring (bicyclic) bond motifs is 1. The number of aliphatic hydroxyl groups excluding tert-OH is 1. The van der Waals surface area contributed by atoms with Gasteiger partial charge in [-0.15, -0.1) is 0 Å². The molecule has 0 atom stereocenters. The summed E-state index contributed by atoms with van der Waals surface area (Å²) in [6.07, 6.45) is 0. The predicted molar refractivity (Wildman–Crippen MR) is 70.2 cm³/mol. The van der Waals surface area contributed by atoms with Crippen LogP contribution in [0.25, 0.3) is 10.9 Å². The second kappa shape index (κ2) is 5.17. The normalized spacial score (nSPS) is 10.7. The molecule has 0 unspecified atom stereocenters. The van der Waals surface area contributed by atoms with Gasteiger partial charge in [-0.2, -0.15) is 0 Å². The lowest BCUT2D eigenvalue weighted by atomic mass is 10.1. The summed E-state index contributed by atoms with van der Waals surface area (Å²) >= 11 is 0. The van der Waals surface area contributed by atoms with Gasteiger partial charge in [-0.3, -0.25) is 14.9 Å². The van der Waals surface area contributed by atoms with Crippen LogP contribution in [0.5, 0.6) is 11.5 Å². The minimum absolute atomic E-state index is 0.0624. The van der Waals surface area contributed by atoms with E-state index in [1.165, 1.54) is 25.3 Å². The van der Waals surface area contributed by atoms with Gasteiger partial charge in [0.2, 0.25) is 5.75 Å². The van der Waals surface area contributed by atoms with Gasteiger partial charge in [-0.05, 0) is 6.07 Å². The highest BCUT2D eigenvalue weighted by Gasteiger charge is 2.19. The van der Waals surface area contributed by atoms with Crippen molar-refractivity contribution in [2.75, 3.05) is 13.7 Å². The second-order valence-corrected chi connectivity index (χ2v) is 4.02. The van der Waals surface area contributed by atoms with Gasteiger partial charge in [0.25, 0.3) is 11.2 Å². The first-order valence-electron chi connectivity index (χ1n) is 5.70. The highest BCUT2D eigenvalue weighted by atomic mass is 16.6. The largest absolute Gasteiger partial charge is 0.504 e. The van der Waals surface area contributed by atoms with Gasteiger partial charge < -0.3 is 19.5 Å². The maximum atomic E-state index is 12.1. The highest BCUT2D eigenvalue weighted by Crippen LogP contribution is 2.32. The van der Waals surface area contributed by atoms with E-state index in [-0.39, 0.29) is 41.2 Å². The van der Waals surface area contributed by atoms with Gasteiger partial charge in [0.05, 0.1) is 24.2 Å². The maximum absolute atomic E-state index is 12.1. The number of aromatic nitrogens is 1. The van der Waals surface area contributed by atoms with E-state index in [0.29, 0.717) is 0 Å². The van der Waals surface area contributed by atoms with Crippen molar-refractivity contribution in [2.45, 2.75) is 6.54 Å². The standard InChI is InChI=1S/C12H12N2O6/c1-20-11-10(16)8-3-2-7(14(18)19)6-9(8)13(4-5-15)12(11)17/h2-3,6,15-16H,4-5H2,1H3. The van der Waals surface area contributed by atoms with Crippen molar-refractivity contribution in [1.82, 2.24) is 4.57 Å². The zero-order chi connectivity index (χ0) is 14.9. The van der Waals surface area contributed by atoms with Crippen molar-refractivity contribution in [3.05, 3.63) is 38.7 Å². The van der Waals surface area contributed by atoms with Gasteiger partial charge in [-0.25, -0.2) is 0 Å². The zero-order valence-electron chi connectivity index (χ0n) is 10.6. The summed E-state index contributed by atoms with van der Waals surface area (Å²) < 4.78 is 5.98. The summed E-state index contributed by atoms with van der Waals surface area (Å²) in [7, 11) is 1.23. The Hall–Kier alpha value is -2.61. The number of aliphatic hydroxyl groups is 1. The van der Waals surface area contributed by atoms with Crippen LogP contribution in [-0.2, 0) is 6.54 Å². The highest BCUT2D eigenvalue weighted by molar-refractivity contribution is 5.89. The molecule has 8 nitrogen and oxygen atoms in total. The van der Waals surface area contributed by atoms with Gasteiger partial charge >= 0.3 is 0 Å². The molecular weight excluding hydrogens is 268 g/mol. The van der Waals surface area contributed by atoms with Crippen molar-refractivity contribution in [3.63, 3.8) is 0 Å². The van der Waals surface area contributed by atoms with Gasteiger partial charge in [-0.1, -0.05) is 0 Å². The number of nitro groups is 1. The number of non-ortho nitro benzene ring substituents is 1. The molecule has 20 heavy (non-hydrogen) atoms. The molecule has 0 spiro atoms. The number of ether oxygens (including phenoxy) is 1. The average molecular weight is 280 g/mol. The Labute approximate surface area is 112 Å². The quantitative estimate of drug-likeness (QED) is 0.626. The van der Waals surface area contributed by atoms with E-state index >= 15 is 0 Å². The fourth-order valence-electron chi connectivity index (χ4n) is 2.02. The van der Waals surface area contributed by atoms with Gasteiger partial charge in [0, 0.05) is 24.1 Å². The van der Waals surface area contributed by atoms with Crippen molar-refractivity contribution < 1.29 is 19.9 Å². The molecule has 1 aromatic heterocycles. The van der Waals surface area contributed by atoms with Crippen molar-refractivity contribution >= 4 is 16.6 Å². The number of nitrogens with zero attached hydrogens (tertiary/aromatic N) is 2. The number of aromatic hydroxyl groups is 1. The summed E-state index contributed by atoms with van der Waals surface area (Å²) in [5, 5.41) is 30.0. The lowest BCUT2D eigenvalue weighted by Gasteiger charge is -2.13. The smallest absolute Gasteiger partial charge is 0.297 e. The number of rotatable bonds is 4. The lowest BCUT2D eigenvalue weighted by Crippen LogP contribution is -2.23. The molecule has 0 saturated heterocycles. The SMILES string of the molecule is COc1c(O)c2ccc([N+](=O)[O-])cc2n(CCO)c1=O. The van der Waals surface area contributed by atoms with Crippen LogP contribution in [0.4, 0.5) is 5.69 Å². The van der Waals surface area contributed by atoms with E-state index in [0.717, 1.165) is 4.57 Å². The van der Waals surface area contributed by atoms with Gasteiger partial charge in [0.1, 0.15) is 0 Å². The van der Waals surface area contributed by atoms with Gasteiger partial charge in [0.15, 0.2) is 5.75 Å². The lowest BCUT2D eigenvalue weighted by molar-refractivity contribution is -0.384. The van der Waals surface area contributed by atoms with Crippen LogP contribution in [0.1, 0.15) is 0 Å². The van der Waals surface area contributed by atoms with E-state index in [1.807, 2.05) is 0 Å². The number of hydrogen-bond donors (Lipinski definition) is 2. The van der Waals surface area contributed by atoms with Crippen molar-refractivity contribution in [3.8, 4) is 11.5 Å². The molecule has 0 fully saturated rings. The molecule has 1 heterocycles. The minimum atomic E-state index is -0.660. The molecule has 0 bridgehead atoms. The fraction of sp³-hybridized carbons (Fsp3) is 0.250. The molecule has 0 aliphatic rings. The molecule has 2 rings (SSSR count). The van der Waals surface area contributed by atoms with Crippen LogP contribution in [0.15, 0.2) is 23.0 Å². The van der Waals surface area contributed by atoms with E-state index in [4.69, 9.17) is 9.84 Å². The Morgan fingerprint density at radius 3 is 2.70 bits per heavy atom. The Morgan fingerprint density at radius 2 is 2.15 bits per heavy atom. The van der Waals surface area contributed by atoms with E-state index in [1.54, 1.807) is 0 Å². The molecule has 0 aliphatic carbocycles. The zero-order valence-corrected chi connectivity index (χ0v) is 10.6. The summed E-state index contributed by atoms with van der Waals surface area (Å²) in [6, 6.07) is 3.72. The summed E-state index contributed by atoms with van der Waals surface area (Å²) in [5.41, 5.74) is -0.711. The van der Waals surface area contributed by atoms with Crippen molar-refractivity contribution in [1.29, 1.82) is 0 Å². The molecule has 0 saturated carbocycles. The van der Waals surface area contributed by atoms with Crippen LogP contribution in [0.3, 0.4) is 0 Å². The molecule has 106 valence electrons. The van der Waals surface area contributed by atoms with Crippen molar-refractivity contribution in [2.24, 2.45) is 0 Å². The first-order chi connectivity index (χ1) is 9.51. The summed E-state index contributed by atoms with van der Waals surface area (Å²) in [5.74, 6) is -0.642. The monoisotopic (exact) mass is 280 g/mol. The van der Waals surface area contributed by atoms with E-state index in [9.17, 15) is 20.0 Å². The molecule has 1 aromatic carbocycles. The van der Waals surface area contributed by atoms with E-state index < -0.39 is 10.5 Å². The number of methoxy groups -OCH3 is 1. The molecule has 2 N–H and O–H groups in total. The number of hydrogen-bond acceptors (Lipinski definition) is 6. The summed E-state index contributed by atoms with van der Waals surface area (Å²) in [4.78, 5) is 22.3. The Morgan fingerprint density at radius 1 is 1.45 bits per heavy atom. The molecule has 8 heteroatoms. The summed E-state index contributed by atoms with van der Waals surface area (Å²) in [6.45, 7) is -0.390. The Kier molecular flexibility index (Phi) is 3.57. The molecular formula is C12H12N2O6. The fourth-order valence-corrected chi connectivity index (χ4v) is 2.02. The molecule has 2 aromatic rings. The van der Waals surface area contributed by atoms with Crippen LogP contribution in [0.2, 0.25) is 0 Å². The second-order valence-electron chi connectivity index (χ2n) is 4.02. The van der Waals surface area contributed by atoms with E-state index in [2.05, 4.69) is 0 Å². The Bertz CT molecular complexity index is 737. The molecule has 0 aliphatic heterocycles. The first-order valence-corrected chi connectivity index (χ1v) is 5.70.